The van der Waals surface area contributed by atoms with Crippen molar-refractivity contribution in [2.45, 2.75) is 13.1 Å². The lowest BCUT2D eigenvalue weighted by atomic mass is 10.1. The van der Waals surface area contributed by atoms with Crippen LogP contribution in [0.4, 0.5) is 0 Å². The molecule has 2 N–H and O–H groups in total. The van der Waals surface area contributed by atoms with Crippen molar-refractivity contribution in [3.05, 3.63) is 47.8 Å². The zero-order chi connectivity index (χ0) is 9.80. The Morgan fingerprint density at radius 2 is 1.80 bits per heavy atom. The molecule has 0 bridgehead atoms. The molecule has 1 aromatic carbocycles. The first kappa shape index (κ1) is 11.7. The van der Waals surface area contributed by atoms with Gasteiger partial charge in [0.05, 0.1) is 12.7 Å². The monoisotopic (exact) mass is 224 g/mol. The number of halogens is 1. The number of hydrogen-bond donors (Lipinski definition) is 1. The Kier molecular flexibility index (Phi) is 4.27. The van der Waals surface area contributed by atoms with Gasteiger partial charge in [-0.3, -0.25) is 0 Å². The van der Waals surface area contributed by atoms with Crippen LogP contribution < -0.4 is 5.73 Å². The van der Waals surface area contributed by atoms with E-state index in [1.807, 2.05) is 18.3 Å². The molecule has 0 saturated carbocycles. The van der Waals surface area contributed by atoms with Crippen LogP contribution in [0, 0.1) is 0 Å². The fourth-order valence-electron chi connectivity index (χ4n) is 1.28. The minimum Gasteiger partial charge on any atom is -0.326 e. The van der Waals surface area contributed by atoms with Gasteiger partial charge in [0, 0.05) is 12.7 Å². The molecule has 2 rings (SSSR count). The van der Waals surface area contributed by atoms with Gasteiger partial charge in [0.25, 0.3) is 0 Å². The highest BCUT2D eigenvalue weighted by Gasteiger charge is 1.95. The van der Waals surface area contributed by atoms with E-state index in [1.165, 1.54) is 5.56 Å². The predicted octanol–water partition coefficient (Wildman–Crippen LogP) is 1.21. The van der Waals surface area contributed by atoms with Gasteiger partial charge in [-0.2, -0.15) is 0 Å². The van der Waals surface area contributed by atoms with Gasteiger partial charge in [-0.1, -0.05) is 29.5 Å². The van der Waals surface area contributed by atoms with Crippen molar-refractivity contribution < 1.29 is 0 Å². The maximum Gasteiger partial charge on any atom is 0.0693 e. The van der Waals surface area contributed by atoms with E-state index in [4.69, 9.17) is 5.73 Å². The molecule has 2 aromatic rings. The summed E-state index contributed by atoms with van der Waals surface area (Å²) >= 11 is 0. The Morgan fingerprint density at radius 1 is 1.13 bits per heavy atom. The molecule has 0 spiro atoms. The van der Waals surface area contributed by atoms with Crippen LogP contribution in [-0.2, 0) is 13.1 Å². The number of nitrogens with two attached hydrogens (primary N) is 1. The van der Waals surface area contributed by atoms with E-state index in [2.05, 4.69) is 22.4 Å². The minimum atomic E-state index is 0. The van der Waals surface area contributed by atoms with Gasteiger partial charge in [0.1, 0.15) is 0 Å². The lowest BCUT2D eigenvalue weighted by Gasteiger charge is -2.02. The molecule has 1 heterocycles. The van der Waals surface area contributed by atoms with E-state index in [-0.39, 0.29) is 12.4 Å². The third-order valence-electron chi connectivity index (χ3n) is 2.08. The number of hydrogen-bond acceptors (Lipinski definition) is 3. The third kappa shape index (κ3) is 3.04. The summed E-state index contributed by atoms with van der Waals surface area (Å²) in [5.74, 6) is 0. The summed E-state index contributed by atoms with van der Waals surface area (Å²) in [5, 5.41) is 7.64. The van der Waals surface area contributed by atoms with Crippen LogP contribution in [0.25, 0.3) is 0 Å². The van der Waals surface area contributed by atoms with Crippen LogP contribution in [-0.4, -0.2) is 15.0 Å². The molecule has 0 aliphatic heterocycles. The van der Waals surface area contributed by atoms with E-state index in [9.17, 15) is 0 Å². The molecule has 0 aliphatic carbocycles. The molecule has 5 heteroatoms. The van der Waals surface area contributed by atoms with Gasteiger partial charge < -0.3 is 5.73 Å². The molecule has 0 fully saturated rings. The molecule has 0 radical (unpaired) electrons. The van der Waals surface area contributed by atoms with Gasteiger partial charge >= 0.3 is 0 Å². The normalized spacial score (nSPS) is 9.67. The molecule has 0 saturated heterocycles. The first-order valence-corrected chi connectivity index (χ1v) is 4.50. The SMILES string of the molecule is Cl.NCc1ccc(Cn2ccnn2)cc1. The highest BCUT2D eigenvalue weighted by atomic mass is 35.5. The molecular weight excluding hydrogens is 212 g/mol. The van der Waals surface area contributed by atoms with E-state index < -0.39 is 0 Å². The second-order valence-corrected chi connectivity index (χ2v) is 3.12. The second-order valence-electron chi connectivity index (χ2n) is 3.12. The molecule has 1 aromatic heterocycles. The zero-order valence-corrected chi connectivity index (χ0v) is 9.02. The Labute approximate surface area is 94.5 Å². The van der Waals surface area contributed by atoms with Crippen LogP contribution in [0.15, 0.2) is 36.7 Å². The fourth-order valence-corrected chi connectivity index (χ4v) is 1.28. The van der Waals surface area contributed by atoms with Crippen LogP contribution >= 0.6 is 12.4 Å². The molecule has 0 aliphatic rings. The first-order chi connectivity index (χ1) is 6.88. The summed E-state index contributed by atoms with van der Waals surface area (Å²) in [6.45, 7) is 1.34. The summed E-state index contributed by atoms with van der Waals surface area (Å²) in [5.41, 5.74) is 7.86. The molecule has 80 valence electrons. The molecule has 15 heavy (non-hydrogen) atoms. The van der Waals surface area contributed by atoms with E-state index >= 15 is 0 Å². The number of benzene rings is 1. The lowest BCUT2D eigenvalue weighted by Crippen LogP contribution is -2.01. The molecule has 0 atom stereocenters. The van der Waals surface area contributed by atoms with Gasteiger partial charge in [-0.05, 0) is 11.1 Å². The predicted molar refractivity (Wildman–Crippen MR) is 60.7 cm³/mol. The van der Waals surface area contributed by atoms with Gasteiger partial charge in [0.2, 0.25) is 0 Å². The molecular formula is C10H13ClN4. The Hall–Kier alpha value is -1.39. The summed E-state index contributed by atoms with van der Waals surface area (Å²) in [4.78, 5) is 0. The van der Waals surface area contributed by atoms with Crippen molar-refractivity contribution in [3.63, 3.8) is 0 Å². The molecule has 4 nitrogen and oxygen atoms in total. The summed E-state index contributed by atoms with van der Waals surface area (Å²) in [7, 11) is 0. The average molecular weight is 225 g/mol. The molecule has 0 unspecified atom stereocenters. The number of rotatable bonds is 3. The Bertz CT molecular complexity index is 382. The first-order valence-electron chi connectivity index (χ1n) is 4.50. The summed E-state index contributed by atoms with van der Waals surface area (Å²) in [6, 6.07) is 8.19. The zero-order valence-electron chi connectivity index (χ0n) is 8.21. The number of aromatic nitrogens is 3. The van der Waals surface area contributed by atoms with Crippen LogP contribution in [0.5, 0.6) is 0 Å². The van der Waals surface area contributed by atoms with Gasteiger partial charge in [0.15, 0.2) is 0 Å². The standard InChI is InChI=1S/C10H12N4.ClH/c11-7-9-1-3-10(4-2-9)8-14-6-5-12-13-14;/h1-6H,7-8,11H2;1H. The highest BCUT2D eigenvalue weighted by molar-refractivity contribution is 5.85. The second kappa shape index (κ2) is 5.48. The van der Waals surface area contributed by atoms with Crippen LogP contribution in [0.1, 0.15) is 11.1 Å². The lowest BCUT2D eigenvalue weighted by molar-refractivity contribution is 0.649. The van der Waals surface area contributed by atoms with Crippen LogP contribution in [0.3, 0.4) is 0 Å². The van der Waals surface area contributed by atoms with Crippen LogP contribution in [0.2, 0.25) is 0 Å². The van der Waals surface area contributed by atoms with Crippen molar-refractivity contribution in [1.29, 1.82) is 0 Å². The van der Waals surface area contributed by atoms with Crippen molar-refractivity contribution in [2.24, 2.45) is 5.73 Å². The minimum absolute atomic E-state index is 0. The largest absolute Gasteiger partial charge is 0.326 e. The fraction of sp³-hybridized carbons (Fsp3) is 0.200. The van der Waals surface area contributed by atoms with Crippen molar-refractivity contribution in [1.82, 2.24) is 15.0 Å². The van der Waals surface area contributed by atoms with Crippen molar-refractivity contribution in [2.75, 3.05) is 0 Å². The summed E-state index contributed by atoms with van der Waals surface area (Å²) < 4.78 is 1.79. The average Bonchev–Trinajstić information content (AvgIpc) is 2.72. The molecule has 0 amide bonds. The maximum absolute atomic E-state index is 5.51. The van der Waals surface area contributed by atoms with E-state index in [0.717, 1.165) is 12.1 Å². The van der Waals surface area contributed by atoms with E-state index in [1.54, 1.807) is 10.9 Å². The quantitative estimate of drug-likeness (QED) is 0.853. The maximum atomic E-state index is 5.51. The van der Waals surface area contributed by atoms with Gasteiger partial charge in [-0.25, -0.2) is 4.68 Å². The summed E-state index contributed by atoms with van der Waals surface area (Å²) in [6.07, 6.45) is 3.52. The van der Waals surface area contributed by atoms with E-state index in [0.29, 0.717) is 6.54 Å². The topological polar surface area (TPSA) is 56.7 Å². The Morgan fingerprint density at radius 3 is 2.33 bits per heavy atom. The third-order valence-corrected chi connectivity index (χ3v) is 2.08. The van der Waals surface area contributed by atoms with Gasteiger partial charge in [-0.15, -0.1) is 17.5 Å². The smallest absolute Gasteiger partial charge is 0.0693 e. The Balaban J connectivity index is 0.00000112. The van der Waals surface area contributed by atoms with Crippen molar-refractivity contribution >= 4 is 12.4 Å². The highest BCUT2D eigenvalue weighted by Crippen LogP contribution is 2.04. The number of nitrogens with zero attached hydrogens (tertiary/aromatic N) is 3. The van der Waals surface area contributed by atoms with Crippen molar-refractivity contribution in [3.8, 4) is 0 Å².